The summed E-state index contributed by atoms with van der Waals surface area (Å²) in [4.78, 5) is 4.10. The fourth-order valence-electron chi connectivity index (χ4n) is 1.50. The zero-order valence-corrected chi connectivity index (χ0v) is 9.48. The monoisotopic (exact) mass is 232 g/mol. The van der Waals surface area contributed by atoms with Gasteiger partial charge in [-0.1, -0.05) is 0 Å². The maximum absolute atomic E-state index is 13.3. The highest BCUT2D eigenvalue weighted by Gasteiger charge is 2.04. The maximum atomic E-state index is 13.3. The molecule has 0 fully saturated rings. The molecule has 17 heavy (non-hydrogen) atoms. The van der Waals surface area contributed by atoms with Gasteiger partial charge in [-0.3, -0.25) is 4.98 Å². The Balaban J connectivity index is 2.30. The van der Waals surface area contributed by atoms with Crippen LogP contribution < -0.4 is 10.5 Å². The zero-order valence-electron chi connectivity index (χ0n) is 9.48. The van der Waals surface area contributed by atoms with Crippen LogP contribution in [0.3, 0.4) is 0 Å². The summed E-state index contributed by atoms with van der Waals surface area (Å²) in [5, 5.41) is 0. The number of pyridine rings is 1. The Morgan fingerprint density at radius 1 is 1.35 bits per heavy atom. The second-order valence-electron chi connectivity index (χ2n) is 3.69. The number of nitrogens with zero attached hydrogens (tertiary/aromatic N) is 1. The first-order chi connectivity index (χ1) is 8.19. The van der Waals surface area contributed by atoms with E-state index in [2.05, 4.69) is 4.98 Å². The zero-order chi connectivity index (χ0) is 12.3. The molecule has 1 aromatic carbocycles. The van der Waals surface area contributed by atoms with Crippen molar-refractivity contribution in [2.75, 3.05) is 0 Å². The van der Waals surface area contributed by atoms with E-state index in [1.54, 1.807) is 24.4 Å². The summed E-state index contributed by atoms with van der Waals surface area (Å²) in [5.41, 5.74) is 6.93. The van der Waals surface area contributed by atoms with Gasteiger partial charge in [-0.15, -0.1) is 0 Å². The number of benzene rings is 1. The van der Waals surface area contributed by atoms with Gasteiger partial charge >= 0.3 is 0 Å². The molecule has 0 amide bonds. The minimum Gasteiger partial charge on any atom is -0.455 e. The number of rotatable bonds is 3. The molecule has 0 atom stereocenters. The predicted octanol–water partition coefficient (Wildman–Crippen LogP) is 2.78. The van der Waals surface area contributed by atoms with E-state index in [9.17, 15) is 4.39 Å². The van der Waals surface area contributed by atoms with Gasteiger partial charge in [-0.05, 0) is 36.8 Å². The fourth-order valence-corrected chi connectivity index (χ4v) is 1.50. The van der Waals surface area contributed by atoms with Crippen molar-refractivity contribution in [3.8, 4) is 11.5 Å². The van der Waals surface area contributed by atoms with Gasteiger partial charge in [0, 0.05) is 18.8 Å². The number of aromatic nitrogens is 1. The van der Waals surface area contributed by atoms with Crippen LogP contribution in [-0.2, 0) is 6.54 Å². The first-order valence-corrected chi connectivity index (χ1v) is 5.28. The Bertz CT molecular complexity index is 529. The van der Waals surface area contributed by atoms with Crippen molar-refractivity contribution in [2.24, 2.45) is 5.73 Å². The molecule has 1 aromatic heterocycles. The van der Waals surface area contributed by atoms with Crippen molar-refractivity contribution in [3.05, 3.63) is 53.6 Å². The summed E-state index contributed by atoms with van der Waals surface area (Å²) in [7, 11) is 0. The molecule has 4 heteroatoms. The van der Waals surface area contributed by atoms with E-state index in [1.165, 1.54) is 12.1 Å². The van der Waals surface area contributed by atoms with Gasteiger partial charge in [0.05, 0.1) is 5.69 Å². The van der Waals surface area contributed by atoms with Gasteiger partial charge in [-0.2, -0.15) is 0 Å². The molecule has 0 bridgehead atoms. The Kier molecular flexibility index (Phi) is 3.35. The largest absolute Gasteiger partial charge is 0.455 e. The molecule has 0 radical (unpaired) electrons. The van der Waals surface area contributed by atoms with Crippen LogP contribution >= 0.6 is 0 Å². The molecule has 0 saturated heterocycles. The highest BCUT2D eigenvalue weighted by Crippen LogP contribution is 2.25. The minimum absolute atomic E-state index is 0.278. The van der Waals surface area contributed by atoms with Gasteiger partial charge in [-0.25, -0.2) is 4.39 Å². The fraction of sp³-hybridized carbons (Fsp3) is 0.154. The first-order valence-electron chi connectivity index (χ1n) is 5.28. The molecule has 3 nitrogen and oxygen atoms in total. The third-order valence-corrected chi connectivity index (χ3v) is 2.35. The SMILES string of the molecule is Cc1ncccc1Oc1cc(F)cc(CN)c1. The predicted molar refractivity (Wildman–Crippen MR) is 63.3 cm³/mol. The molecule has 0 aliphatic rings. The Hall–Kier alpha value is -1.94. The smallest absolute Gasteiger partial charge is 0.148 e. The van der Waals surface area contributed by atoms with E-state index in [1.807, 2.05) is 6.92 Å². The summed E-state index contributed by atoms with van der Waals surface area (Å²) in [6.45, 7) is 2.11. The van der Waals surface area contributed by atoms with E-state index >= 15 is 0 Å². The van der Waals surface area contributed by atoms with Gasteiger partial charge in [0.2, 0.25) is 0 Å². The molecule has 0 aliphatic carbocycles. The molecule has 0 aliphatic heterocycles. The lowest BCUT2D eigenvalue weighted by atomic mass is 10.2. The van der Waals surface area contributed by atoms with Crippen LogP contribution in [0, 0.1) is 12.7 Å². The first kappa shape index (κ1) is 11.5. The molecule has 1 heterocycles. The molecular formula is C13H13FN2O. The lowest BCUT2D eigenvalue weighted by Gasteiger charge is -2.09. The molecule has 88 valence electrons. The average molecular weight is 232 g/mol. The summed E-state index contributed by atoms with van der Waals surface area (Å²) in [6.07, 6.45) is 1.68. The highest BCUT2D eigenvalue weighted by molar-refractivity contribution is 5.36. The van der Waals surface area contributed by atoms with Crippen LogP contribution in [0.15, 0.2) is 36.5 Å². The molecular weight excluding hydrogens is 219 g/mol. The van der Waals surface area contributed by atoms with E-state index in [0.29, 0.717) is 17.1 Å². The molecule has 2 rings (SSSR count). The van der Waals surface area contributed by atoms with Gasteiger partial charge in [0.15, 0.2) is 0 Å². The van der Waals surface area contributed by atoms with Gasteiger partial charge in [0.1, 0.15) is 17.3 Å². The lowest BCUT2D eigenvalue weighted by molar-refractivity contribution is 0.469. The third kappa shape index (κ3) is 2.79. The third-order valence-electron chi connectivity index (χ3n) is 2.35. The second kappa shape index (κ2) is 4.93. The van der Waals surface area contributed by atoms with E-state index < -0.39 is 0 Å². The topological polar surface area (TPSA) is 48.1 Å². The number of halogens is 1. The van der Waals surface area contributed by atoms with Crippen molar-refractivity contribution in [1.29, 1.82) is 0 Å². The summed E-state index contributed by atoms with van der Waals surface area (Å²) < 4.78 is 18.8. The molecule has 2 N–H and O–H groups in total. The van der Waals surface area contributed by atoms with Crippen LogP contribution in [0.1, 0.15) is 11.3 Å². The molecule has 0 saturated carbocycles. The van der Waals surface area contributed by atoms with Crippen molar-refractivity contribution < 1.29 is 9.13 Å². The molecule has 2 aromatic rings. The Morgan fingerprint density at radius 3 is 2.88 bits per heavy atom. The Morgan fingerprint density at radius 2 is 2.18 bits per heavy atom. The molecule has 0 unspecified atom stereocenters. The van der Waals surface area contributed by atoms with Crippen LogP contribution in [0.5, 0.6) is 11.5 Å². The van der Waals surface area contributed by atoms with E-state index in [-0.39, 0.29) is 12.4 Å². The van der Waals surface area contributed by atoms with Crippen molar-refractivity contribution in [1.82, 2.24) is 4.98 Å². The summed E-state index contributed by atoms with van der Waals surface area (Å²) in [5.74, 6) is 0.687. The molecule has 0 spiro atoms. The van der Waals surface area contributed by atoms with Crippen LogP contribution in [0.2, 0.25) is 0 Å². The minimum atomic E-state index is -0.357. The highest BCUT2D eigenvalue weighted by atomic mass is 19.1. The average Bonchev–Trinajstić information content (AvgIpc) is 2.31. The summed E-state index contributed by atoms with van der Waals surface area (Å²) in [6, 6.07) is 7.99. The van der Waals surface area contributed by atoms with Crippen molar-refractivity contribution >= 4 is 0 Å². The number of ether oxygens (including phenoxy) is 1. The Labute approximate surface area is 99.1 Å². The standard InChI is InChI=1S/C13H13FN2O/c1-9-13(3-2-4-16-9)17-12-6-10(8-15)5-11(14)7-12/h2-7H,8,15H2,1H3. The normalized spacial score (nSPS) is 10.3. The van der Waals surface area contributed by atoms with Crippen molar-refractivity contribution in [2.45, 2.75) is 13.5 Å². The maximum Gasteiger partial charge on any atom is 0.148 e. The van der Waals surface area contributed by atoms with Crippen LogP contribution in [0.25, 0.3) is 0 Å². The lowest BCUT2D eigenvalue weighted by Crippen LogP contribution is -1.98. The van der Waals surface area contributed by atoms with Gasteiger partial charge in [0.25, 0.3) is 0 Å². The number of nitrogens with two attached hydrogens (primary N) is 1. The van der Waals surface area contributed by atoms with E-state index in [4.69, 9.17) is 10.5 Å². The van der Waals surface area contributed by atoms with E-state index in [0.717, 1.165) is 5.69 Å². The number of hydrogen-bond acceptors (Lipinski definition) is 3. The van der Waals surface area contributed by atoms with Crippen LogP contribution in [-0.4, -0.2) is 4.98 Å². The van der Waals surface area contributed by atoms with Crippen molar-refractivity contribution in [3.63, 3.8) is 0 Å². The summed E-state index contributed by atoms with van der Waals surface area (Å²) >= 11 is 0. The second-order valence-corrected chi connectivity index (χ2v) is 3.69. The van der Waals surface area contributed by atoms with Gasteiger partial charge < -0.3 is 10.5 Å². The number of hydrogen-bond donors (Lipinski definition) is 1. The number of aryl methyl sites for hydroxylation is 1. The van der Waals surface area contributed by atoms with Crippen LogP contribution in [0.4, 0.5) is 4.39 Å². The quantitative estimate of drug-likeness (QED) is 0.885.